The SMILES string of the molecule is CCCSCC(Cc1c(Cl)c(C)nn1CC)NN. The number of thioether (sulfide) groups is 1. The normalized spacial score (nSPS) is 12.9. The number of rotatable bonds is 8. The zero-order chi connectivity index (χ0) is 13.5. The number of hydrogen-bond donors (Lipinski definition) is 2. The topological polar surface area (TPSA) is 55.9 Å². The van der Waals surface area contributed by atoms with Crippen molar-refractivity contribution in [2.45, 2.75) is 46.2 Å². The van der Waals surface area contributed by atoms with Gasteiger partial charge in [-0.15, -0.1) is 0 Å². The second kappa shape index (κ2) is 8.04. The first-order chi connectivity index (χ1) is 8.63. The van der Waals surface area contributed by atoms with E-state index in [0.29, 0.717) is 0 Å². The van der Waals surface area contributed by atoms with Gasteiger partial charge in [-0.1, -0.05) is 18.5 Å². The molecule has 1 rings (SSSR count). The predicted molar refractivity (Wildman–Crippen MR) is 80.1 cm³/mol. The molecule has 0 amide bonds. The highest BCUT2D eigenvalue weighted by Gasteiger charge is 2.17. The first kappa shape index (κ1) is 15.8. The van der Waals surface area contributed by atoms with Crippen molar-refractivity contribution < 1.29 is 0 Å². The van der Waals surface area contributed by atoms with Gasteiger partial charge >= 0.3 is 0 Å². The molecule has 4 nitrogen and oxygen atoms in total. The minimum atomic E-state index is 0.237. The van der Waals surface area contributed by atoms with Crippen LogP contribution in [0, 0.1) is 6.92 Å². The van der Waals surface area contributed by atoms with Crippen molar-refractivity contribution in [1.29, 1.82) is 0 Å². The average molecular weight is 291 g/mol. The van der Waals surface area contributed by atoms with E-state index in [2.05, 4.69) is 24.4 Å². The number of nitrogens with zero attached hydrogens (tertiary/aromatic N) is 2. The van der Waals surface area contributed by atoms with Crippen molar-refractivity contribution in [3.8, 4) is 0 Å². The predicted octanol–water partition coefficient (Wildman–Crippen LogP) is 2.38. The molecule has 1 heterocycles. The molecule has 1 aromatic heterocycles. The van der Waals surface area contributed by atoms with Crippen LogP contribution in [-0.4, -0.2) is 27.3 Å². The summed E-state index contributed by atoms with van der Waals surface area (Å²) in [5, 5.41) is 5.20. The molecule has 0 saturated carbocycles. The highest BCUT2D eigenvalue weighted by atomic mass is 35.5. The van der Waals surface area contributed by atoms with E-state index in [9.17, 15) is 0 Å². The number of nitrogens with one attached hydrogen (secondary N) is 1. The monoisotopic (exact) mass is 290 g/mol. The summed E-state index contributed by atoms with van der Waals surface area (Å²) >= 11 is 8.21. The number of aromatic nitrogens is 2. The number of hydrogen-bond acceptors (Lipinski definition) is 4. The molecule has 1 aromatic rings. The Bertz CT molecular complexity index is 367. The molecule has 0 aliphatic carbocycles. The molecule has 0 spiro atoms. The van der Waals surface area contributed by atoms with Crippen molar-refractivity contribution in [3.63, 3.8) is 0 Å². The summed E-state index contributed by atoms with van der Waals surface area (Å²) in [7, 11) is 0. The van der Waals surface area contributed by atoms with Crippen molar-refractivity contribution in [3.05, 3.63) is 16.4 Å². The van der Waals surface area contributed by atoms with Gasteiger partial charge in [0.05, 0.1) is 16.4 Å². The minimum absolute atomic E-state index is 0.237. The Morgan fingerprint density at radius 2 is 2.22 bits per heavy atom. The Morgan fingerprint density at radius 1 is 1.50 bits per heavy atom. The molecule has 0 aliphatic rings. The molecule has 0 bridgehead atoms. The lowest BCUT2D eigenvalue weighted by Gasteiger charge is -2.16. The van der Waals surface area contributed by atoms with Crippen molar-refractivity contribution in [2.24, 2.45) is 5.84 Å². The van der Waals surface area contributed by atoms with Crippen molar-refractivity contribution >= 4 is 23.4 Å². The maximum Gasteiger partial charge on any atom is 0.0847 e. The Balaban J connectivity index is 2.68. The van der Waals surface area contributed by atoms with Crippen LogP contribution in [0.1, 0.15) is 31.7 Å². The van der Waals surface area contributed by atoms with Gasteiger partial charge in [-0.25, -0.2) is 0 Å². The molecule has 1 unspecified atom stereocenters. The van der Waals surface area contributed by atoms with Gasteiger partial charge in [0.25, 0.3) is 0 Å². The molecule has 104 valence electrons. The molecule has 0 fully saturated rings. The maximum atomic E-state index is 6.30. The van der Waals surface area contributed by atoms with Gasteiger partial charge in [0.2, 0.25) is 0 Å². The number of nitrogens with two attached hydrogens (primary N) is 1. The Morgan fingerprint density at radius 3 is 2.78 bits per heavy atom. The van der Waals surface area contributed by atoms with Gasteiger partial charge in [0.1, 0.15) is 0 Å². The van der Waals surface area contributed by atoms with E-state index >= 15 is 0 Å². The summed E-state index contributed by atoms with van der Waals surface area (Å²) < 4.78 is 1.96. The molecule has 18 heavy (non-hydrogen) atoms. The zero-order valence-electron chi connectivity index (χ0n) is 11.4. The Hall–Kier alpha value is -0.230. The standard InChI is InChI=1S/C12H23ClN4S/c1-4-6-18-8-10(15-14)7-11-12(13)9(3)16-17(11)5-2/h10,15H,4-8,14H2,1-3H3. The molecule has 1 atom stereocenters. The average Bonchev–Trinajstić information content (AvgIpc) is 2.65. The highest BCUT2D eigenvalue weighted by molar-refractivity contribution is 7.99. The molecular weight excluding hydrogens is 268 g/mol. The quantitative estimate of drug-likeness (QED) is 0.438. The Kier molecular flexibility index (Phi) is 7.07. The summed E-state index contributed by atoms with van der Waals surface area (Å²) in [5.74, 6) is 7.77. The molecule has 3 N–H and O–H groups in total. The fourth-order valence-electron chi connectivity index (χ4n) is 1.83. The number of aryl methyl sites for hydroxylation is 2. The first-order valence-corrected chi connectivity index (χ1v) is 7.92. The third-order valence-corrected chi connectivity index (χ3v) is 4.62. The largest absolute Gasteiger partial charge is 0.271 e. The maximum absolute atomic E-state index is 6.30. The lowest BCUT2D eigenvalue weighted by Crippen LogP contribution is -2.39. The zero-order valence-corrected chi connectivity index (χ0v) is 12.9. The van der Waals surface area contributed by atoms with Gasteiger partial charge in [0.15, 0.2) is 0 Å². The summed E-state index contributed by atoms with van der Waals surface area (Å²) in [6.07, 6.45) is 2.01. The van der Waals surface area contributed by atoms with Crippen LogP contribution >= 0.6 is 23.4 Å². The second-order valence-corrected chi connectivity index (χ2v) is 5.83. The van der Waals surface area contributed by atoms with Crippen LogP contribution in [0.4, 0.5) is 0 Å². The number of halogens is 1. The summed E-state index contributed by atoms with van der Waals surface area (Å²) in [4.78, 5) is 0. The van der Waals surface area contributed by atoms with Crippen LogP contribution in [0.15, 0.2) is 0 Å². The van der Waals surface area contributed by atoms with Crippen LogP contribution in [0.5, 0.6) is 0 Å². The van der Waals surface area contributed by atoms with E-state index in [1.165, 1.54) is 6.42 Å². The minimum Gasteiger partial charge on any atom is -0.271 e. The molecule has 6 heteroatoms. The first-order valence-electron chi connectivity index (χ1n) is 6.39. The van der Waals surface area contributed by atoms with Gasteiger partial charge < -0.3 is 0 Å². The third kappa shape index (κ3) is 4.16. The Labute approximate surface area is 119 Å². The molecule has 0 aromatic carbocycles. The highest BCUT2D eigenvalue weighted by Crippen LogP contribution is 2.22. The van der Waals surface area contributed by atoms with Crippen LogP contribution in [-0.2, 0) is 13.0 Å². The van der Waals surface area contributed by atoms with Crippen molar-refractivity contribution in [2.75, 3.05) is 11.5 Å². The molecular formula is C12H23ClN4S. The third-order valence-electron chi connectivity index (χ3n) is 2.80. The summed E-state index contributed by atoms with van der Waals surface area (Å²) in [6.45, 7) is 7.03. The van der Waals surface area contributed by atoms with E-state index in [1.54, 1.807) is 0 Å². The van der Waals surface area contributed by atoms with Gasteiger partial charge in [-0.2, -0.15) is 16.9 Å². The van der Waals surface area contributed by atoms with Crippen LogP contribution in [0.25, 0.3) is 0 Å². The van der Waals surface area contributed by atoms with Crippen LogP contribution in [0.2, 0.25) is 5.02 Å². The fraction of sp³-hybridized carbons (Fsp3) is 0.750. The smallest absolute Gasteiger partial charge is 0.0847 e. The second-order valence-electron chi connectivity index (χ2n) is 4.30. The lowest BCUT2D eigenvalue weighted by molar-refractivity contribution is 0.534. The van der Waals surface area contributed by atoms with Crippen LogP contribution in [0.3, 0.4) is 0 Å². The van der Waals surface area contributed by atoms with Gasteiger partial charge in [0, 0.05) is 24.8 Å². The van der Waals surface area contributed by atoms with Crippen LogP contribution < -0.4 is 11.3 Å². The van der Waals surface area contributed by atoms with E-state index in [0.717, 1.165) is 40.9 Å². The van der Waals surface area contributed by atoms with E-state index in [4.69, 9.17) is 17.4 Å². The molecule has 0 radical (unpaired) electrons. The number of hydrazine groups is 1. The summed E-state index contributed by atoms with van der Waals surface area (Å²) in [6, 6.07) is 0.237. The van der Waals surface area contributed by atoms with Gasteiger partial charge in [-0.05, 0) is 26.0 Å². The van der Waals surface area contributed by atoms with E-state index in [-0.39, 0.29) is 6.04 Å². The molecule has 0 saturated heterocycles. The lowest BCUT2D eigenvalue weighted by atomic mass is 10.2. The van der Waals surface area contributed by atoms with Gasteiger partial charge in [-0.3, -0.25) is 16.0 Å². The molecule has 0 aliphatic heterocycles. The van der Waals surface area contributed by atoms with E-state index < -0.39 is 0 Å². The van der Waals surface area contributed by atoms with E-state index in [1.807, 2.05) is 23.4 Å². The van der Waals surface area contributed by atoms with Crippen molar-refractivity contribution in [1.82, 2.24) is 15.2 Å². The fourth-order valence-corrected chi connectivity index (χ4v) is 3.00. The summed E-state index contributed by atoms with van der Waals surface area (Å²) in [5.41, 5.74) is 4.85.